The van der Waals surface area contributed by atoms with Crippen LogP contribution in [0.25, 0.3) is 0 Å². The molecule has 0 unspecified atom stereocenters. The zero-order valence-corrected chi connectivity index (χ0v) is 13.0. The van der Waals surface area contributed by atoms with Gasteiger partial charge < -0.3 is 4.74 Å². The first-order chi connectivity index (χ1) is 8.34. The van der Waals surface area contributed by atoms with Crippen LogP contribution in [0.5, 0.6) is 0 Å². The average molecular weight is 327 g/mol. The maximum Gasteiger partial charge on any atom is 0.431 e. The Labute approximate surface area is 127 Å². The number of nitrogens with zero attached hydrogens (tertiary/aromatic N) is 2. The van der Waals surface area contributed by atoms with Crippen molar-refractivity contribution >= 4 is 60.6 Å². The summed E-state index contributed by atoms with van der Waals surface area (Å²) in [6.07, 6.45) is -0.932. The van der Waals surface area contributed by atoms with Gasteiger partial charge in [-0.1, -0.05) is 54.9 Å². The standard InChI is InChI=1S/C10H12Cl2N2O2S2/c1-6(2)16-10(15)13(14(17)18)8-5-3-4-7(11)9(8)12/h3-6,17-18H,1-2H3. The molecular formula is C10H12Cl2N2O2S2. The van der Waals surface area contributed by atoms with Gasteiger partial charge in [0.05, 0.1) is 21.8 Å². The summed E-state index contributed by atoms with van der Waals surface area (Å²) in [5.74, 6) is 0. The Hall–Kier alpha value is -0.270. The number of halogens is 2. The monoisotopic (exact) mass is 326 g/mol. The maximum absolute atomic E-state index is 11.9. The van der Waals surface area contributed by atoms with Gasteiger partial charge in [0.15, 0.2) is 0 Å². The number of thiol groups is 2. The van der Waals surface area contributed by atoms with Crippen molar-refractivity contribution < 1.29 is 9.53 Å². The quantitative estimate of drug-likeness (QED) is 0.643. The Morgan fingerprint density at radius 2 is 1.94 bits per heavy atom. The molecule has 0 saturated heterocycles. The van der Waals surface area contributed by atoms with Crippen molar-refractivity contribution in [3.05, 3.63) is 28.2 Å². The van der Waals surface area contributed by atoms with E-state index in [1.165, 1.54) is 0 Å². The molecule has 1 rings (SSSR count). The predicted octanol–water partition coefficient (Wildman–Crippen LogP) is 4.25. The highest BCUT2D eigenvalue weighted by atomic mass is 35.5. The molecule has 18 heavy (non-hydrogen) atoms. The Morgan fingerprint density at radius 1 is 1.33 bits per heavy atom. The molecule has 100 valence electrons. The summed E-state index contributed by atoms with van der Waals surface area (Å²) in [6.45, 7) is 3.47. The summed E-state index contributed by atoms with van der Waals surface area (Å²) < 4.78 is 6.04. The number of benzene rings is 1. The van der Waals surface area contributed by atoms with Gasteiger partial charge in [0.1, 0.15) is 0 Å². The summed E-state index contributed by atoms with van der Waals surface area (Å²) in [7, 11) is 0. The first-order valence-electron chi connectivity index (χ1n) is 4.97. The molecule has 1 aromatic carbocycles. The van der Waals surface area contributed by atoms with Crippen LogP contribution in [0, 0.1) is 0 Å². The molecule has 0 atom stereocenters. The Balaban J connectivity index is 3.13. The highest BCUT2D eigenvalue weighted by Crippen LogP contribution is 2.34. The van der Waals surface area contributed by atoms with Crippen molar-refractivity contribution in [3.63, 3.8) is 0 Å². The molecule has 0 saturated carbocycles. The molecule has 1 aromatic rings. The summed E-state index contributed by atoms with van der Waals surface area (Å²) in [6, 6.07) is 4.88. The van der Waals surface area contributed by atoms with Gasteiger partial charge in [-0.25, -0.2) is 4.79 Å². The van der Waals surface area contributed by atoms with Crippen LogP contribution in [0.4, 0.5) is 10.5 Å². The van der Waals surface area contributed by atoms with E-state index in [0.29, 0.717) is 10.7 Å². The molecule has 4 nitrogen and oxygen atoms in total. The van der Waals surface area contributed by atoms with Crippen LogP contribution in [0.2, 0.25) is 10.0 Å². The summed E-state index contributed by atoms with van der Waals surface area (Å²) in [5.41, 5.74) is 0.333. The first-order valence-corrected chi connectivity index (χ1v) is 6.52. The van der Waals surface area contributed by atoms with E-state index in [1.807, 2.05) is 0 Å². The lowest BCUT2D eigenvalue weighted by Gasteiger charge is -2.27. The second-order valence-corrected chi connectivity index (χ2v) is 5.44. The molecule has 0 spiro atoms. The fourth-order valence-electron chi connectivity index (χ4n) is 1.18. The van der Waals surface area contributed by atoms with E-state index in [2.05, 4.69) is 25.6 Å². The molecule has 0 aromatic heterocycles. The van der Waals surface area contributed by atoms with Crippen molar-refractivity contribution in [2.45, 2.75) is 20.0 Å². The number of hydrazine groups is 1. The summed E-state index contributed by atoms with van der Waals surface area (Å²) in [5, 5.41) is 1.59. The van der Waals surface area contributed by atoms with E-state index in [4.69, 9.17) is 27.9 Å². The minimum Gasteiger partial charge on any atom is -0.445 e. The smallest absolute Gasteiger partial charge is 0.431 e. The van der Waals surface area contributed by atoms with E-state index in [1.54, 1.807) is 32.0 Å². The van der Waals surface area contributed by atoms with Crippen LogP contribution in [0.15, 0.2) is 18.2 Å². The van der Waals surface area contributed by atoms with E-state index < -0.39 is 6.09 Å². The van der Waals surface area contributed by atoms with Gasteiger partial charge in [0.2, 0.25) is 0 Å². The molecule has 0 aliphatic heterocycles. The largest absolute Gasteiger partial charge is 0.445 e. The number of hydrogen-bond donors (Lipinski definition) is 2. The zero-order chi connectivity index (χ0) is 13.9. The van der Waals surface area contributed by atoms with Crippen LogP contribution < -0.4 is 5.01 Å². The predicted molar refractivity (Wildman–Crippen MR) is 80.4 cm³/mol. The fourth-order valence-corrected chi connectivity index (χ4v) is 1.89. The number of rotatable bonds is 3. The zero-order valence-electron chi connectivity index (χ0n) is 9.67. The molecule has 0 N–H and O–H groups in total. The molecule has 8 heteroatoms. The lowest BCUT2D eigenvalue weighted by molar-refractivity contribution is 0.118. The van der Waals surface area contributed by atoms with Gasteiger partial charge in [-0.3, -0.25) is 0 Å². The van der Waals surface area contributed by atoms with Crippen molar-refractivity contribution in [1.29, 1.82) is 0 Å². The van der Waals surface area contributed by atoms with Crippen molar-refractivity contribution in [1.82, 2.24) is 3.82 Å². The topological polar surface area (TPSA) is 32.8 Å². The third kappa shape index (κ3) is 3.86. The van der Waals surface area contributed by atoms with Crippen molar-refractivity contribution in [2.75, 3.05) is 5.01 Å². The number of anilines is 1. The van der Waals surface area contributed by atoms with Gasteiger partial charge in [0.25, 0.3) is 0 Å². The minimum atomic E-state index is -0.654. The third-order valence-electron chi connectivity index (χ3n) is 1.85. The lowest BCUT2D eigenvalue weighted by atomic mass is 10.3. The molecule has 1 amide bonds. The van der Waals surface area contributed by atoms with Crippen LogP contribution in [0.1, 0.15) is 13.8 Å². The van der Waals surface area contributed by atoms with Crippen LogP contribution in [0.3, 0.4) is 0 Å². The van der Waals surface area contributed by atoms with Gasteiger partial charge >= 0.3 is 6.09 Å². The number of amides is 1. The lowest BCUT2D eigenvalue weighted by Crippen LogP contribution is -2.38. The van der Waals surface area contributed by atoms with E-state index in [0.717, 1.165) is 8.83 Å². The van der Waals surface area contributed by atoms with Crippen LogP contribution in [-0.2, 0) is 4.74 Å². The number of carbonyl (C=O) groups excluding carboxylic acids is 1. The van der Waals surface area contributed by atoms with Crippen LogP contribution >= 0.6 is 48.8 Å². The highest BCUT2D eigenvalue weighted by molar-refractivity contribution is 7.93. The normalized spacial score (nSPS) is 10.9. The molecule has 0 aliphatic carbocycles. The van der Waals surface area contributed by atoms with E-state index >= 15 is 0 Å². The molecule has 0 fully saturated rings. The Morgan fingerprint density at radius 3 is 2.44 bits per heavy atom. The van der Waals surface area contributed by atoms with Crippen molar-refractivity contribution in [3.8, 4) is 0 Å². The molecule has 0 aliphatic rings. The van der Waals surface area contributed by atoms with E-state index in [-0.39, 0.29) is 11.1 Å². The molecule has 0 bridgehead atoms. The molecule has 0 radical (unpaired) electrons. The van der Waals surface area contributed by atoms with E-state index in [9.17, 15) is 4.79 Å². The maximum atomic E-state index is 11.9. The number of hydrogen-bond acceptors (Lipinski definition) is 5. The summed E-state index contributed by atoms with van der Waals surface area (Å²) >= 11 is 19.9. The van der Waals surface area contributed by atoms with Gasteiger partial charge in [-0.15, -0.1) is 3.82 Å². The SMILES string of the molecule is CC(C)OC(=O)N(c1cccc(Cl)c1Cl)N(S)S. The summed E-state index contributed by atoms with van der Waals surface area (Å²) in [4.78, 5) is 11.9. The Bertz CT molecular complexity index is 444. The van der Waals surface area contributed by atoms with Crippen molar-refractivity contribution in [2.24, 2.45) is 0 Å². The first kappa shape index (κ1) is 15.8. The fraction of sp³-hybridized carbons (Fsp3) is 0.300. The van der Waals surface area contributed by atoms with Gasteiger partial charge in [-0.05, 0) is 26.0 Å². The third-order valence-corrected chi connectivity index (χ3v) is 3.01. The van der Waals surface area contributed by atoms with Crippen LogP contribution in [-0.4, -0.2) is 16.0 Å². The number of ether oxygens (including phenoxy) is 1. The minimum absolute atomic E-state index is 0.216. The highest BCUT2D eigenvalue weighted by Gasteiger charge is 2.25. The molecule has 0 heterocycles. The number of carbonyl (C=O) groups is 1. The Kier molecular flexibility index (Phi) is 5.94. The molecular weight excluding hydrogens is 315 g/mol. The average Bonchev–Trinajstić information content (AvgIpc) is 2.23. The van der Waals surface area contributed by atoms with Gasteiger partial charge in [0, 0.05) is 0 Å². The second-order valence-electron chi connectivity index (χ2n) is 3.59. The second kappa shape index (κ2) is 6.77. The van der Waals surface area contributed by atoms with Gasteiger partial charge in [-0.2, -0.15) is 5.01 Å².